The van der Waals surface area contributed by atoms with Gasteiger partial charge in [0.05, 0.1) is 13.7 Å². The number of carbonyl (C=O) groups is 1. The first-order valence-corrected chi connectivity index (χ1v) is 4.43. The van der Waals surface area contributed by atoms with E-state index in [1.165, 1.54) is 24.7 Å². The van der Waals surface area contributed by atoms with Gasteiger partial charge in [-0.15, -0.1) is 0 Å². The minimum atomic E-state index is -0.459. The second-order valence-corrected chi connectivity index (χ2v) is 2.82. The van der Waals surface area contributed by atoms with Crippen molar-refractivity contribution < 1.29 is 14.6 Å². The van der Waals surface area contributed by atoms with Crippen molar-refractivity contribution in [3.63, 3.8) is 0 Å². The molecular formula is C8H9NO3S. The zero-order valence-electron chi connectivity index (χ0n) is 7.06. The average Bonchev–Trinajstić information content (AvgIpc) is 2.61. The lowest BCUT2D eigenvalue weighted by atomic mass is 10.2. The zero-order valence-corrected chi connectivity index (χ0v) is 7.87. The second kappa shape index (κ2) is 4.74. The summed E-state index contributed by atoms with van der Waals surface area (Å²) >= 11 is 1.18. The van der Waals surface area contributed by atoms with E-state index in [1.807, 2.05) is 0 Å². The van der Waals surface area contributed by atoms with Gasteiger partial charge in [-0.2, -0.15) is 4.37 Å². The predicted molar refractivity (Wildman–Crippen MR) is 49.6 cm³/mol. The lowest BCUT2D eigenvalue weighted by Crippen LogP contribution is -2.02. The van der Waals surface area contributed by atoms with Crippen LogP contribution in [0.5, 0.6) is 0 Å². The Morgan fingerprint density at radius 2 is 2.62 bits per heavy atom. The average molecular weight is 199 g/mol. The normalized spacial score (nSPS) is 10.6. The van der Waals surface area contributed by atoms with Gasteiger partial charge in [-0.25, -0.2) is 4.79 Å². The Morgan fingerprint density at radius 1 is 1.85 bits per heavy atom. The largest absolute Gasteiger partial charge is 0.464 e. The molecule has 13 heavy (non-hydrogen) atoms. The smallest absolute Gasteiger partial charge is 0.358 e. The molecule has 0 aromatic carbocycles. The molecule has 0 saturated carbocycles. The third-order valence-corrected chi connectivity index (χ3v) is 2.03. The highest BCUT2D eigenvalue weighted by atomic mass is 32.1. The van der Waals surface area contributed by atoms with Crippen LogP contribution in [-0.2, 0) is 4.74 Å². The van der Waals surface area contributed by atoms with Crippen molar-refractivity contribution in [1.82, 2.24) is 4.37 Å². The Hall–Kier alpha value is -1.20. The Labute approximate surface area is 79.6 Å². The first kappa shape index (κ1) is 9.88. The highest BCUT2D eigenvalue weighted by Crippen LogP contribution is 2.13. The molecule has 1 aromatic rings. The van der Waals surface area contributed by atoms with Gasteiger partial charge in [-0.05, 0) is 11.5 Å². The number of aliphatic hydroxyl groups is 1. The minimum Gasteiger partial charge on any atom is -0.464 e. The monoisotopic (exact) mass is 199 g/mol. The molecule has 0 fully saturated rings. The molecule has 0 aliphatic rings. The fourth-order valence-corrected chi connectivity index (χ4v) is 1.44. The molecule has 0 saturated heterocycles. The van der Waals surface area contributed by atoms with E-state index < -0.39 is 5.97 Å². The summed E-state index contributed by atoms with van der Waals surface area (Å²) in [7, 11) is 1.31. The number of esters is 1. The maximum atomic E-state index is 11.1. The van der Waals surface area contributed by atoms with Crippen LogP contribution in [-0.4, -0.2) is 29.2 Å². The molecule has 1 N–H and O–H groups in total. The number of hydrogen-bond acceptors (Lipinski definition) is 5. The van der Waals surface area contributed by atoms with Crippen LogP contribution in [0.15, 0.2) is 11.5 Å². The number of rotatable bonds is 3. The van der Waals surface area contributed by atoms with Crippen molar-refractivity contribution in [3.05, 3.63) is 22.7 Å². The lowest BCUT2D eigenvalue weighted by molar-refractivity contribution is 0.0595. The fourth-order valence-electron chi connectivity index (χ4n) is 0.794. The second-order valence-electron chi connectivity index (χ2n) is 2.20. The van der Waals surface area contributed by atoms with Gasteiger partial charge in [0.2, 0.25) is 0 Å². The summed E-state index contributed by atoms with van der Waals surface area (Å²) in [6.45, 7) is -0.0591. The van der Waals surface area contributed by atoms with Crippen molar-refractivity contribution in [2.24, 2.45) is 0 Å². The number of methoxy groups -OCH3 is 1. The van der Waals surface area contributed by atoms with E-state index in [2.05, 4.69) is 9.11 Å². The first-order chi connectivity index (χ1) is 6.29. The SMILES string of the molecule is COC(=O)c1nscc1C=CCO. The molecule has 1 rings (SSSR count). The topological polar surface area (TPSA) is 59.4 Å². The number of carbonyl (C=O) groups excluding carboxylic acids is 1. The molecule has 1 aromatic heterocycles. The molecule has 70 valence electrons. The van der Waals surface area contributed by atoms with Gasteiger partial charge in [-0.3, -0.25) is 0 Å². The first-order valence-electron chi connectivity index (χ1n) is 3.59. The maximum Gasteiger partial charge on any atom is 0.358 e. The summed E-state index contributed by atoms with van der Waals surface area (Å²) in [6.07, 6.45) is 3.17. The van der Waals surface area contributed by atoms with Crippen LogP contribution < -0.4 is 0 Å². The van der Waals surface area contributed by atoms with Crippen LogP contribution >= 0.6 is 11.5 Å². The summed E-state index contributed by atoms with van der Waals surface area (Å²) < 4.78 is 8.40. The number of aromatic nitrogens is 1. The Bertz CT molecular complexity index is 319. The molecule has 0 amide bonds. The molecule has 0 spiro atoms. The van der Waals surface area contributed by atoms with Crippen LogP contribution in [0.1, 0.15) is 16.1 Å². The summed E-state index contributed by atoms with van der Waals surface area (Å²) in [6, 6.07) is 0. The molecule has 4 nitrogen and oxygen atoms in total. The number of aliphatic hydroxyl groups excluding tert-OH is 1. The van der Waals surface area contributed by atoms with Crippen molar-refractivity contribution in [1.29, 1.82) is 0 Å². The standard InChI is InChI=1S/C8H9NO3S/c1-12-8(11)7-6(3-2-4-10)5-13-9-7/h2-3,5,10H,4H2,1H3. The van der Waals surface area contributed by atoms with Gasteiger partial charge >= 0.3 is 5.97 Å². The lowest BCUT2D eigenvalue weighted by Gasteiger charge is -1.94. The molecular weight excluding hydrogens is 190 g/mol. The molecule has 0 bridgehead atoms. The van der Waals surface area contributed by atoms with E-state index >= 15 is 0 Å². The van der Waals surface area contributed by atoms with Crippen molar-refractivity contribution in [2.75, 3.05) is 13.7 Å². The van der Waals surface area contributed by atoms with E-state index in [1.54, 1.807) is 11.5 Å². The Balaban J connectivity index is 2.89. The summed E-state index contributed by atoms with van der Waals surface area (Å²) in [5.74, 6) is -0.459. The predicted octanol–water partition coefficient (Wildman–Crippen LogP) is 0.935. The van der Waals surface area contributed by atoms with Crippen LogP contribution in [0, 0.1) is 0 Å². The van der Waals surface area contributed by atoms with Crippen LogP contribution in [0.25, 0.3) is 6.08 Å². The third-order valence-electron chi connectivity index (χ3n) is 1.38. The third kappa shape index (κ3) is 2.37. The van der Waals surface area contributed by atoms with Crippen molar-refractivity contribution >= 4 is 23.6 Å². The molecule has 0 aliphatic heterocycles. The molecule has 0 radical (unpaired) electrons. The van der Waals surface area contributed by atoms with E-state index in [4.69, 9.17) is 5.11 Å². The highest BCUT2D eigenvalue weighted by Gasteiger charge is 2.12. The summed E-state index contributed by atoms with van der Waals surface area (Å²) in [5, 5.41) is 10.3. The van der Waals surface area contributed by atoms with Crippen LogP contribution in [0.4, 0.5) is 0 Å². The van der Waals surface area contributed by atoms with Crippen LogP contribution in [0.3, 0.4) is 0 Å². The summed E-state index contributed by atoms with van der Waals surface area (Å²) in [5.41, 5.74) is 0.961. The molecule has 0 atom stereocenters. The van der Waals surface area contributed by atoms with Gasteiger partial charge in [0, 0.05) is 10.9 Å². The zero-order chi connectivity index (χ0) is 9.68. The number of hydrogen-bond donors (Lipinski definition) is 1. The van der Waals surface area contributed by atoms with Crippen molar-refractivity contribution in [2.45, 2.75) is 0 Å². The molecule has 0 unspecified atom stereocenters. The number of nitrogens with zero attached hydrogens (tertiary/aromatic N) is 1. The van der Waals surface area contributed by atoms with Crippen LogP contribution in [0.2, 0.25) is 0 Å². The van der Waals surface area contributed by atoms with Crippen molar-refractivity contribution in [3.8, 4) is 0 Å². The molecule has 5 heteroatoms. The minimum absolute atomic E-state index is 0.0591. The summed E-state index contributed by atoms with van der Waals surface area (Å²) in [4.78, 5) is 11.1. The fraction of sp³-hybridized carbons (Fsp3) is 0.250. The van der Waals surface area contributed by atoms with Gasteiger partial charge in [-0.1, -0.05) is 12.2 Å². The highest BCUT2D eigenvalue weighted by molar-refractivity contribution is 7.04. The quantitative estimate of drug-likeness (QED) is 0.736. The maximum absolute atomic E-state index is 11.1. The van der Waals surface area contributed by atoms with Gasteiger partial charge in [0.1, 0.15) is 0 Å². The Morgan fingerprint density at radius 3 is 3.23 bits per heavy atom. The van der Waals surface area contributed by atoms with Gasteiger partial charge in [0.15, 0.2) is 5.69 Å². The van der Waals surface area contributed by atoms with E-state index in [-0.39, 0.29) is 12.3 Å². The van der Waals surface area contributed by atoms with Gasteiger partial charge < -0.3 is 9.84 Å². The van der Waals surface area contributed by atoms with Gasteiger partial charge in [0.25, 0.3) is 0 Å². The molecule has 0 aliphatic carbocycles. The van der Waals surface area contributed by atoms with E-state index in [0.29, 0.717) is 5.56 Å². The van der Waals surface area contributed by atoms with E-state index in [0.717, 1.165) is 0 Å². The van der Waals surface area contributed by atoms with E-state index in [9.17, 15) is 4.79 Å². The number of ether oxygens (including phenoxy) is 1. The molecule has 1 heterocycles. The Kier molecular flexibility index (Phi) is 3.60.